The largest absolute Gasteiger partial charge is 0.252 e. The minimum atomic E-state index is -1.65. The van der Waals surface area contributed by atoms with Crippen LogP contribution in [0.3, 0.4) is 0 Å². The molecule has 1 heterocycles. The Hall–Kier alpha value is -1.91. The highest BCUT2D eigenvalue weighted by molar-refractivity contribution is 5.64. The summed E-state index contributed by atoms with van der Waals surface area (Å²) in [6.45, 7) is 0. The van der Waals surface area contributed by atoms with Gasteiger partial charge in [0.25, 0.3) is 11.9 Å². The lowest BCUT2D eigenvalue weighted by molar-refractivity contribution is 0.410. The van der Waals surface area contributed by atoms with Crippen molar-refractivity contribution in [2.24, 2.45) is 0 Å². The number of halogens is 4. The third kappa shape index (κ3) is 1.64. The molecule has 0 N–H and O–H groups in total. The maximum absolute atomic E-state index is 13.3. The molecule has 0 fully saturated rings. The molecule has 82 valence electrons. The van der Waals surface area contributed by atoms with E-state index in [4.69, 9.17) is 0 Å². The Bertz CT molecular complexity index is 499. The van der Waals surface area contributed by atoms with Crippen molar-refractivity contribution >= 4 is 0 Å². The van der Waals surface area contributed by atoms with Crippen molar-refractivity contribution in [1.29, 1.82) is 0 Å². The molecule has 0 amide bonds. The normalized spacial score (nSPS) is 10.5. The predicted molar refractivity (Wildman–Crippen MR) is 49.5 cm³/mol. The van der Waals surface area contributed by atoms with Crippen molar-refractivity contribution in [3.8, 4) is 11.1 Å². The fraction of sp³-hybridized carbons (Fsp3) is 0. The topological polar surface area (TPSA) is 12.9 Å². The Morgan fingerprint density at radius 2 is 1.25 bits per heavy atom. The first-order valence-electron chi connectivity index (χ1n) is 4.36. The maximum atomic E-state index is 13.3. The smallest absolute Gasteiger partial charge is 0.201 e. The standard InChI is InChI=1S/C11H5F4N/c12-8-7(6-4-2-1-3-5-6)9(13)11(15)16-10(8)14/h1-5H. The van der Waals surface area contributed by atoms with Gasteiger partial charge in [-0.2, -0.15) is 13.8 Å². The summed E-state index contributed by atoms with van der Waals surface area (Å²) in [5.74, 6) is -6.30. The molecule has 0 spiro atoms. The second-order valence-corrected chi connectivity index (χ2v) is 3.06. The van der Waals surface area contributed by atoms with Crippen LogP contribution < -0.4 is 0 Å². The quantitative estimate of drug-likeness (QED) is 0.538. The third-order valence-corrected chi connectivity index (χ3v) is 2.06. The number of rotatable bonds is 1. The highest BCUT2D eigenvalue weighted by Gasteiger charge is 2.21. The van der Waals surface area contributed by atoms with Crippen LogP contribution in [0.4, 0.5) is 17.6 Å². The van der Waals surface area contributed by atoms with Gasteiger partial charge in [-0.3, -0.25) is 0 Å². The summed E-state index contributed by atoms with van der Waals surface area (Å²) in [4.78, 5) is 2.48. The molecule has 1 aromatic carbocycles. The third-order valence-electron chi connectivity index (χ3n) is 2.06. The van der Waals surface area contributed by atoms with E-state index in [1.54, 1.807) is 6.07 Å². The van der Waals surface area contributed by atoms with Gasteiger partial charge in [-0.1, -0.05) is 30.3 Å². The Morgan fingerprint density at radius 3 is 1.75 bits per heavy atom. The van der Waals surface area contributed by atoms with E-state index in [9.17, 15) is 17.6 Å². The zero-order chi connectivity index (χ0) is 11.7. The molecule has 16 heavy (non-hydrogen) atoms. The van der Waals surface area contributed by atoms with Crippen LogP contribution in [0.1, 0.15) is 0 Å². The van der Waals surface area contributed by atoms with Gasteiger partial charge < -0.3 is 0 Å². The molecule has 0 bridgehead atoms. The Kier molecular flexibility index (Phi) is 2.60. The van der Waals surface area contributed by atoms with Crippen molar-refractivity contribution in [2.45, 2.75) is 0 Å². The second-order valence-electron chi connectivity index (χ2n) is 3.06. The second kappa shape index (κ2) is 3.92. The molecule has 0 saturated heterocycles. The van der Waals surface area contributed by atoms with Crippen LogP contribution in [0.5, 0.6) is 0 Å². The van der Waals surface area contributed by atoms with E-state index in [1.807, 2.05) is 0 Å². The van der Waals surface area contributed by atoms with Crippen molar-refractivity contribution in [3.63, 3.8) is 0 Å². The Morgan fingerprint density at radius 1 is 0.750 bits per heavy atom. The van der Waals surface area contributed by atoms with E-state index in [2.05, 4.69) is 4.98 Å². The molecule has 1 nitrogen and oxygen atoms in total. The van der Waals surface area contributed by atoms with Gasteiger partial charge in [0.05, 0.1) is 5.56 Å². The van der Waals surface area contributed by atoms with Crippen LogP contribution in [0, 0.1) is 23.5 Å². The number of benzene rings is 1. The van der Waals surface area contributed by atoms with Gasteiger partial charge in [0.1, 0.15) is 0 Å². The molecule has 0 aliphatic rings. The summed E-state index contributed by atoms with van der Waals surface area (Å²) in [6.07, 6.45) is 0. The van der Waals surface area contributed by atoms with E-state index < -0.39 is 29.1 Å². The molecule has 2 aromatic rings. The van der Waals surface area contributed by atoms with Crippen molar-refractivity contribution in [1.82, 2.24) is 4.98 Å². The van der Waals surface area contributed by atoms with Gasteiger partial charge in [-0.25, -0.2) is 8.78 Å². The summed E-state index contributed by atoms with van der Waals surface area (Å²) < 4.78 is 52.2. The van der Waals surface area contributed by atoms with Crippen LogP contribution in [0.2, 0.25) is 0 Å². The minimum absolute atomic E-state index is 0.0534. The lowest BCUT2D eigenvalue weighted by Crippen LogP contribution is -2.02. The first kappa shape index (κ1) is 10.6. The van der Waals surface area contributed by atoms with Crippen LogP contribution in [-0.4, -0.2) is 4.98 Å². The van der Waals surface area contributed by atoms with E-state index in [1.165, 1.54) is 24.3 Å². The van der Waals surface area contributed by atoms with Crippen molar-refractivity contribution < 1.29 is 17.6 Å². The average molecular weight is 227 g/mol. The van der Waals surface area contributed by atoms with Crippen LogP contribution >= 0.6 is 0 Å². The fourth-order valence-corrected chi connectivity index (χ4v) is 1.35. The van der Waals surface area contributed by atoms with E-state index in [0.717, 1.165) is 0 Å². The average Bonchev–Trinajstić information content (AvgIpc) is 2.28. The summed E-state index contributed by atoms with van der Waals surface area (Å²) >= 11 is 0. The number of hydrogen-bond donors (Lipinski definition) is 0. The highest BCUT2D eigenvalue weighted by Crippen LogP contribution is 2.27. The molecule has 0 atom stereocenters. The lowest BCUT2D eigenvalue weighted by atomic mass is 10.1. The zero-order valence-corrected chi connectivity index (χ0v) is 7.85. The SMILES string of the molecule is Fc1nc(F)c(F)c(-c2ccccc2)c1F. The number of aromatic nitrogens is 1. The van der Waals surface area contributed by atoms with Gasteiger partial charge in [0, 0.05) is 0 Å². The summed E-state index contributed by atoms with van der Waals surface area (Å²) in [5.41, 5.74) is -0.691. The van der Waals surface area contributed by atoms with Gasteiger partial charge in [-0.05, 0) is 5.56 Å². The minimum Gasteiger partial charge on any atom is -0.201 e. The summed E-state index contributed by atoms with van der Waals surface area (Å²) in [7, 11) is 0. The Balaban J connectivity index is 2.74. The van der Waals surface area contributed by atoms with Gasteiger partial charge in [-0.15, -0.1) is 0 Å². The van der Waals surface area contributed by atoms with Crippen molar-refractivity contribution in [2.75, 3.05) is 0 Å². The van der Waals surface area contributed by atoms with Crippen LogP contribution in [0.15, 0.2) is 30.3 Å². The molecule has 0 aliphatic carbocycles. The molecule has 2 rings (SSSR count). The van der Waals surface area contributed by atoms with E-state index >= 15 is 0 Å². The molecule has 5 heteroatoms. The monoisotopic (exact) mass is 227 g/mol. The van der Waals surface area contributed by atoms with E-state index in [0.29, 0.717) is 0 Å². The van der Waals surface area contributed by atoms with Gasteiger partial charge in [0.2, 0.25) is 0 Å². The highest BCUT2D eigenvalue weighted by atomic mass is 19.2. The first-order chi connectivity index (χ1) is 7.61. The molecular formula is C11H5F4N. The van der Waals surface area contributed by atoms with E-state index in [-0.39, 0.29) is 5.56 Å². The van der Waals surface area contributed by atoms with Crippen LogP contribution in [0.25, 0.3) is 11.1 Å². The molecule has 0 saturated carbocycles. The number of hydrogen-bond acceptors (Lipinski definition) is 1. The number of nitrogens with zero attached hydrogens (tertiary/aromatic N) is 1. The molecule has 0 radical (unpaired) electrons. The molecular weight excluding hydrogens is 222 g/mol. The van der Waals surface area contributed by atoms with Crippen molar-refractivity contribution in [3.05, 3.63) is 53.9 Å². The molecule has 0 unspecified atom stereocenters. The zero-order valence-electron chi connectivity index (χ0n) is 7.85. The molecule has 1 aromatic heterocycles. The fourth-order valence-electron chi connectivity index (χ4n) is 1.35. The first-order valence-corrected chi connectivity index (χ1v) is 4.36. The maximum Gasteiger partial charge on any atom is 0.252 e. The summed E-state index contributed by atoms with van der Waals surface area (Å²) in [5, 5.41) is 0. The molecule has 0 aliphatic heterocycles. The van der Waals surface area contributed by atoms with Gasteiger partial charge in [0.15, 0.2) is 11.6 Å². The predicted octanol–water partition coefficient (Wildman–Crippen LogP) is 3.31. The van der Waals surface area contributed by atoms with Gasteiger partial charge >= 0.3 is 0 Å². The lowest BCUT2D eigenvalue weighted by Gasteiger charge is -2.05. The van der Waals surface area contributed by atoms with Crippen LogP contribution in [-0.2, 0) is 0 Å². The number of pyridine rings is 1. The Labute approximate surface area is 88.4 Å². The summed E-state index contributed by atoms with van der Waals surface area (Å²) in [6, 6.07) is 7.32.